The molecule has 0 aliphatic carbocycles. The fourth-order valence-electron chi connectivity index (χ4n) is 3.12. The summed E-state index contributed by atoms with van der Waals surface area (Å²) < 4.78 is 0.970. The number of rotatable bonds is 6. The van der Waals surface area contributed by atoms with Gasteiger partial charge >= 0.3 is 5.97 Å². The molecule has 1 aromatic carbocycles. The van der Waals surface area contributed by atoms with Crippen LogP contribution in [-0.2, 0) is 16.0 Å². The predicted molar refractivity (Wildman–Crippen MR) is 99.1 cm³/mol. The molecule has 0 saturated carbocycles. The van der Waals surface area contributed by atoms with Crippen molar-refractivity contribution in [3.05, 3.63) is 47.0 Å². The van der Waals surface area contributed by atoms with Gasteiger partial charge in [-0.15, -0.1) is 11.3 Å². The van der Waals surface area contributed by atoms with Gasteiger partial charge < -0.3 is 10.0 Å². The van der Waals surface area contributed by atoms with Crippen molar-refractivity contribution in [3.8, 4) is 0 Å². The monoisotopic (exact) mass is 376 g/mol. The van der Waals surface area contributed by atoms with Crippen molar-refractivity contribution in [2.75, 3.05) is 18.8 Å². The number of aliphatic carboxylic acids is 1. The maximum absolute atomic E-state index is 12.6. The Kier molecular flexibility index (Phi) is 5.75. The van der Waals surface area contributed by atoms with E-state index in [1.54, 1.807) is 28.0 Å². The van der Waals surface area contributed by atoms with E-state index in [-0.39, 0.29) is 24.8 Å². The molecular formula is C18H20N2O3S2. The van der Waals surface area contributed by atoms with Crippen molar-refractivity contribution in [1.29, 1.82) is 0 Å². The Morgan fingerprint density at radius 3 is 2.76 bits per heavy atom. The molecule has 1 fully saturated rings. The molecule has 2 aromatic rings. The molecule has 1 N–H and O–H groups in total. The molecule has 132 valence electrons. The van der Waals surface area contributed by atoms with Crippen LogP contribution in [-0.4, -0.2) is 45.7 Å². The first-order valence-electron chi connectivity index (χ1n) is 8.21. The van der Waals surface area contributed by atoms with Gasteiger partial charge in [0.25, 0.3) is 0 Å². The van der Waals surface area contributed by atoms with Gasteiger partial charge in [-0.1, -0.05) is 49.0 Å². The smallest absolute Gasteiger partial charge is 0.308 e. The number of benzene rings is 1. The van der Waals surface area contributed by atoms with E-state index in [0.717, 1.165) is 21.3 Å². The number of carboxylic acids is 1. The number of thiazole rings is 1. The molecule has 0 bridgehead atoms. The number of likely N-dealkylation sites (tertiary alicyclic amines) is 1. The highest BCUT2D eigenvalue weighted by Gasteiger charge is 2.40. The SMILES string of the molecule is CCSc1nc(CC(=O)N2C[C@@H](C(=O)O)[C@H](c3ccccc3)C2)cs1. The minimum atomic E-state index is -0.848. The topological polar surface area (TPSA) is 70.5 Å². The summed E-state index contributed by atoms with van der Waals surface area (Å²) in [6, 6.07) is 9.58. The van der Waals surface area contributed by atoms with Gasteiger partial charge in [0.1, 0.15) is 4.34 Å². The molecule has 25 heavy (non-hydrogen) atoms. The molecule has 2 heterocycles. The zero-order chi connectivity index (χ0) is 17.8. The van der Waals surface area contributed by atoms with Gasteiger partial charge in [0.2, 0.25) is 5.91 Å². The van der Waals surface area contributed by atoms with Crippen molar-refractivity contribution < 1.29 is 14.7 Å². The molecule has 0 unspecified atom stereocenters. The summed E-state index contributed by atoms with van der Waals surface area (Å²) in [5.74, 6) is -0.675. The fraction of sp³-hybridized carbons (Fsp3) is 0.389. The van der Waals surface area contributed by atoms with Gasteiger partial charge in [-0.2, -0.15) is 0 Å². The zero-order valence-electron chi connectivity index (χ0n) is 13.9. The molecule has 1 aliphatic heterocycles. The Balaban J connectivity index is 1.69. The normalized spacial score (nSPS) is 20.0. The van der Waals surface area contributed by atoms with E-state index in [1.807, 2.05) is 35.7 Å². The lowest BCUT2D eigenvalue weighted by Crippen LogP contribution is -2.31. The van der Waals surface area contributed by atoms with Crippen LogP contribution in [0.2, 0.25) is 0 Å². The molecular weight excluding hydrogens is 356 g/mol. The highest BCUT2D eigenvalue weighted by molar-refractivity contribution is 8.00. The molecule has 1 aromatic heterocycles. The van der Waals surface area contributed by atoms with Crippen LogP contribution in [0.1, 0.15) is 24.1 Å². The van der Waals surface area contributed by atoms with Crippen LogP contribution in [0, 0.1) is 5.92 Å². The molecule has 3 rings (SSSR count). The second-order valence-electron chi connectivity index (χ2n) is 5.98. The minimum Gasteiger partial charge on any atom is -0.481 e. The lowest BCUT2D eigenvalue weighted by atomic mass is 9.89. The predicted octanol–water partition coefficient (Wildman–Crippen LogP) is 3.12. The van der Waals surface area contributed by atoms with Crippen molar-refractivity contribution in [1.82, 2.24) is 9.88 Å². The molecule has 1 saturated heterocycles. The average Bonchev–Trinajstić information content (AvgIpc) is 3.23. The van der Waals surface area contributed by atoms with Gasteiger partial charge in [-0.3, -0.25) is 9.59 Å². The molecule has 5 nitrogen and oxygen atoms in total. The summed E-state index contributed by atoms with van der Waals surface area (Å²) in [6.07, 6.45) is 0.231. The van der Waals surface area contributed by atoms with E-state index in [0.29, 0.717) is 6.54 Å². The first-order chi connectivity index (χ1) is 12.1. The van der Waals surface area contributed by atoms with E-state index < -0.39 is 11.9 Å². The van der Waals surface area contributed by atoms with Crippen LogP contribution < -0.4 is 0 Å². The van der Waals surface area contributed by atoms with Crippen LogP contribution in [0.4, 0.5) is 0 Å². The van der Waals surface area contributed by atoms with Crippen molar-refractivity contribution in [2.24, 2.45) is 5.92 Å². The minimum absolute atomic E-state index is 0.0528. The highest BCUT2D eigenvalue weighted by Crippen LogP contribution is 2.33. The number of aromatic nitrogens is 1. The quantitative estimate of drug-likeness (QED) is 0.785. The summed E-state index contributed by atoms with van der Waals surface area (Å²) in [5.41, 5.74) is 1.74. The second kappa shape index (κ2) is 8.01. The summed E-state index contributed by atoms with van der Waals surface area (Å²) in [5, 5.41) is 11.5. The third-order valence-corrected chi connectivity index (χ3v) is 6.30. The average molecular weight is 377 g/mol. The molecule has 7 heteroatoms. The maximum Gasteiger partial charge on any atom is 0.308 e. The van der Waals surface area contributed by atoms with Gasteiger partial charge in [0.05, 0.1) is 18.0 Å². The Hall–Kier alpha value is -1.86. The van der Waals surface area contributed by atoms with E-state index in [4.69, 9.17) is 0 Å². The first kappa shape index (κ1) is 17.9. The fourth-order valence-corrected chi connectivity index (χ4v) is 4.86. The number of carbonyl (C=O) groups is 2. The Bertz CT molecular complexity index is 748. The summed E-state index contributed by atoms with van der Waals surface area (Å²) in [6.45, 7) is 2.77. The van der Waals surface area contributed by atoms with Crippen molar-refractivity contribution >= 4 is 35.0 Å². The second-order valence-corrected chi connectivity index (χ2v) is 8.34. The Morgan fingerprint density at radius 1 is 1.32 bits per heavy atom. The van der Waals surface area contributed by atoms with Gasteiger partial charge in [0, 0.05) is 24.4 Å². The molecule has 2 atom stereocenters. The molecule has 0 radical (unpaired) electrons. The van der Waals surface area contributed by atoms with Crippen molar-refractivity contribution in [3.63, 3.8) is 0 Å². The molecule has 1 aliphatic rings. The largest absolute Gasteiger partial charge is 0.481 e. The number of hydrogen-bond donors (Lipinski definition) is 1. The summed E-state index contributed by atoms with van der Waals surface area (Å²) in [4.78, 5) is 30.4. The van der Waals surface area contributed by atoms with Crippen LogP contribution >= 0.6 is 23.1 Å². The van der Waals surface area contributed by atoms with E-state index in [1.165, 1.54) is 0 Å². The number of nitrogens with zero attached hydrogens (tertiary/aromatic N) is 2. The molecule has 1 amide bonds. The van der Waals surface area contributed by atoms with E-state index >= 15 is 0 Å². The highest BCUT2D eigenvalue weighted by atomic mass is 32.2. The number of thioether (sulfide) groups is 1. The van der Waals surface area contributed by atoms with E-state index in [2.05, 4.69) is 11.9 Å². The summed E-state index contributed by atoms with van der Waals surface area (Å²) >= 11 is 3.21. The third kappa shape index (κ3) is 4.22. The molecule has 0 spiro atoms. The number of carbonyl (C=O) groups excluding carboxylic acids is 1. The lowest BCUT2D eigenvalue weighted by Gasteiger charge is -2.16. The lowest BCUT2D eigenvalue weighted by molar-refractivity contribution is -0.141. The standard InChI is InChI=1S/C18H20N2O3S2/c1-2-24-18-19-13(11-25-18)8-16(21)20-9-14(15(10-20)17(22)23)12-6-4-3-5-7-12/h3-7,11,14-15H,2,8-10H2,1H3,(H,22,23)/t14-,15+/m0/s1. The van der Waals surface area contributed by atoms with Gasteiger partial charge in [-0.25, -0.2) is 4.98 Å². The van der Waals surface area contributed by atoms with E-state index in [9.17, 15) is 14.7 Å². The van der Waals surface area contributed by atoms with Crippen LogP contribution in [0.25, 0.3) is 0 Å². The Labute approximate surface area is 155 Å². The van der Waals surface area contributed by atoms with Crippen LogP contribution in [0.3, 0.4) is 0 Å². The number of amides is 1. The number of carboxylic acid groups (broad SMARTS) is 1. The summed E-state index contributed by atoms with van der Waals surface area (Å²) in [7, 11) is 0. The maximum atomic E-state index is 12.6. The third-order valence-electron chi connectivity index (χ3n) is 4.35. The van der Waals surface area contributed by atoms with Gasteiger partial charge in [0.15, 0.2) is 0 Å². The van der Waals surface area contributed by atoms with Crippen LogP contribution in [0.5, 0.6) is 0 Å². The number of hydrogen-bond acceptors (Lipinski definition) is 5. The van der Waals surface area contributed by atoms with Crippen LogP contribution in [0.15, 0.2) is 40.1 Å². The zero-order valence-corrected chi connectivity index (χ0v) is 15.6. The first-order valence-corrected chi connectivity index (χ1v) is 10.1. The Morgan fingerprint density at radius 2 is 2.08 bits per heavy atom. The van der Waals surface area contributed by atoms with Crippen molar-refractivity contribution in [2.45, 2.75) is 23.6 Å². The van der Waals surface area contributed by atoms with Gasteiger partial charge in [-0.05, 0) is 11.3 Å².